The van der Waals surface area contributed by atoms with Crippen LogP contribution < -0.4 is 10.6 Å². The van der Waals surface area contributed by atoms with E-state index in [-0.39, 0.29) is 30.6 Å². The van der Waals surface area contributed by atoms with Crippen molar-refractivity contribution in [2.45, 2.75) is 38.2 Å². The van der Waals surface area contributed by atoms with Gasteiger partial charge in [0.1, 0.15) is 6.61 Å². The molecule has 0 amide bonds. The molecular weight excluding hydrogens is 484 g/mol. The lowest BCUT2D eigenvalue weighted by Crippen LogP contribution is -2.45. The van der Waals surface area contributed by atoms with Gasteiger partial charge in [-0.3, -0.25) is 4.99 Å². The highest BCUT2D eigenvalue weighted by atomic mass is 127. The first kappa shape index (κ1) is 25.0. The van der Waals surface area contributed by atoms with E-state index in [9.17, 15) is 13.2 Å². The predicted molar refractivity (Wildman–Crippen MR) is 116 cm³/mol. The minimum absolute atomic E-state index is 0. The normalized spacial score (nSPS) is 15.9. The third kappa shape index (κ3) is 9.42. The van der Waals surface area contributed by atoms with Crippen LogP contribution in [-0.2, 0) is 17.9 Å². The summed E-state index contributed by atoms with van der Waals surface area (Å²) in [6, 6.07) is 7.80. The summed E-state index contributed by atoms with van der Waals surface area (Å²) < 4.78 is 40.9. The topological polar surface area (TPSA) is 48.9 Å². The predicted octanol–water partition coefficient (Wildman–Crippen LogP) is 3.39. The summed E-state index contributed by atoms with van der Waals surface area (Å²) in [4.78, 5) is 6.49. The van der Waals surface area contributed by atoms with Crippen molar-refractivity contribution < 1.29 is 17.9 Å². The van der Waals surface area contributed by atoms with Crippen LogP contribution in [0.3, 0.4) is 0 Å². The van der Waals surface area contributed by atoms with E-state index in [2.05, 4.69) is 39.4 Å². The molecule has 1 aliphatic carbocycles. The average molecular weight is 514 g/mol. The standard InChI is InChI=1S/C19H29F3N4O.HI/c1-23-18(25-11-17(26(2)3)16-8-9-16)24-10-14-4-6-15(7-5-14)12-27-13-19(20,21)22;/h4-7,16-17H,8-13H2,1-3H3,(H2,23,24,25);1H. The molecule has 0 aliphatic heterocycles. The molecule has 1 saturated carbocycles. The fraction of sp³-hybridized carbons (Fsp3) is 0.632. The number of nitrogens with zero attached hydrogens (tertiary/aromatic N) is 2. The minimum Gasteiger partial charge on any atom is -0.367 e. The molecule has 160 valence electrons. The van der Waals surface area contributed by atoms with Crippen molar-refractivity contribution in [2.24, 2.45) is 10.9 Å². The Morgan fingerprint density at radius 2 is 1.79 bits per heavy atom. The molecule has 1 aromatic rings. The van der Waals surface area contributed by atoms with E-state index < -0.39 is 12.8 Å². The molecule has 9 heteroatoms. The first-order chi connectivity index (χ1) is 12.8. The number of hydrogen-bond acceptors (Lipinski definition) is 3. The van der Waals surface area contributed by atoms with Crippen LogP contribution >= 0.6 is 24.0 Å². The lowest BCUT2D eigenvalue weighted by Gasteiger charge is -2.25. The van der Waals surface area contributed by atoms with E-state index in [1.165, 1.54) is 12.8 Å². The summed E-state index contributed by atoms with van der Waals surface area (Å²) in [5.74, 6) is 1.50. The van der Waals surface area contributed by atoms with Crippen molar-refractivity contribution >= 4 is 29.9 Å². The molecule has 1 aromatic carbocycles. The molecule has 1 unspecified atom stereocenters. The zero-order chi connectivity index (χ0) is 19.9. The first-order valence-electron chi connectivity index (χ1n) is 9.11. The molecule has 5 nitrogen and oxygen atoms in total. The fourth-order valence-electron chi connectivity index (χ4n) is 2.90. The second-order valence-electron chi connectivity index (χ2n) is 7.10. The fourth-order valence-corrected chi connectivity index (χ4v) is 2.90. The van der Waals surface area contributed by atoms with Gasteiger partial charge >= 0.3 is 6.18 Å². The lowest BCUT2D eigenvalue weighted by atomic mass is 10.1. The minimum atomic E-state index is -4.29. The SMILES string of the molecule is CN=C(NCc1ccc(COCC(F)(F)F)cc1)NCC(C1CC1)N(C)C.I. The second kappa shape index (κ2) is 11.8. The summed E-state index contributed by atoms with van der Waals surface area (Å²) in [5, 5.41) is 6.63. The van der Waals surface area contributed by atoms with E-state index in [0.29, 0.717) is 18.2 Å². The smallest absolute Gasteiger partial charge is 0.367 e. The van der Waals surface area contributed by atoms with Crippen LogP contribution in [0.1, 0.15) is 24.0 Å². The number of ether oxygens (including phenoxy) is 1. The lowest BCUT2D eigenvalue weighted by molar-refractivity contribution is -0.176. The molecule has 1 atom stereocenters. The number of nitrogens with one attached hydrogen (secondary N) is 2. The third-order valence-corrected chi connectivity index (χ3v) is 4.55. The molecule has 0 spiro atoms. The van der Waals surface area contributed by atoms with E-state index in [1.54, 1.807) is 19.2 Å². The summed E-state index contributed by atoms with van der Waals surface area (Å²) in [6.45, 7) is 0.142. The number of guanidine groups is 1. The zero-order valence-corrected chi connectivity index (χ0v) is 18.9. The van der Waals surface area contributed by atoms with Crippen molar-refractivity contribution in [1.29, 1.82) is 0 Å². The highest BCUT2D eigenvalue weighted by Gasteiger charge is 2.32. The van der Waals surface area contributed by atoms with Crippen LogP contribution in [0.2, 0.25) is 0 Å². The number of rotatable bonds is 9. The Bertz CT molecular complexity index is 602. The second-order valence-corrected chi connectivity index (χ2v) is 7.10. The third-order valence-electron chi connectivity index (χ3n) is 4.55. The highest BCUT2D eigenvalue weighted by Crippen LogP contribution is 2.34. The van der Waals surface area contributed by atoms with Crippen molar-refractivity contribution in [3.8, 4) is 0 Å². The van der Waals surface area contributed by atoms with Gasteiger partial charge in [-0.25, -0.2) is 0 Å². The summed E-state index contributed by atoms with van der Waals surface area (Å²) in [5.41, 5.74) is 1.73. The Hall–Kier alpha value is -1.07. The monoisotopic (exact) mass is 514 g/mol. The van der Waals surface area contributed by atoms with Crippen LogP contribution in [0, 0.1) is 5.92 Å². The van der Waals surface area contributed by atoms with Crippen molar-refractivity contribution in [1.82, 2.24) is 15.5 Å². The first-order valence-corrected chi connectivity index (χ1v) is 9.11. The maximum atomic E-state index is 12.1. The summed E-state index contributed by atoms with van der Waals surface area (Å²) >= 11 is 0. The molecule has 1 aliphatic rings. The van der Waals surface area contributed by atoms with Gasteiger partial charge in [-0.05, 0) is 44.0 Å². The van der Waals surface area contributed by atoms with Gasteiger partial charge in [-0.1, -0.05) is 24.3 Å². The largest absolute Gasteiger partial charge is 0.411 e. The van der Waals surface area contributed by atoms with Gasteiger partial charge in [0.2, 0.25) is 0 Å². The molecule has 2 rings (SSSR count). The molecule has 0 aromatic heterocycles. The van der Waals surface area contributed by atoms with Crippen LogP contribution in [-0.4, -0.2) is 57.4 Å². The maximum Gasteiger partial charge on any atom is 0.411 e. The van der Waals surface area contributed by atoms with E-state index in [0.717, 1.165) is 24.0 Å². The van der Waals surface area contributed by atoms with Crippen molar-refractivity contribution in [2.75, 3.05) is 34.3 Å². The number of benzene rings is 1. The Morgan fingerprint density at radius 1 is 1.18 bits per heavy atom. The average Bonchev–Trinajstić information content (AvgIpc) is 3.42. The van der Waals surface area contributed by atoms with Gasteiger partial charge in [-0.2, -0.15) is 13.2 Å². The number of hydrogen-bond donors (Lipinski definition) is 2. The molecule has 0 radical (unpaired) electrons. The highest BCUT2D eigenvalue weighted by molar-refractivity contribution is 14.0. The van der Waals surface area contributed by atoms with Gasteiger partial charge in [0.25, 0.3) is 0 Å². The molecule has 28 heavy (non-hydrogen) atoms. The van der Waals surface area contributed by atoms with Gasteiger partial charge in [0, 0.05) is 26.2 Å². The van der Waals surface area contributed by atoms with Gasteiger partial charge in [0.05, 0.1) is 6.61 Å². The van der Waals surface area contributed by atoms with E-state index in [1.807, 2.05) is 12.1 Å². The van der Waals surface area contributed by atoms with E-state index >= 15 is 0 Å². The molecular formula is C19H30F3IN4O. The quantitative estimate of drug-likeness (QED) is 0.302. The van der Waals surface area contributed by atoms with E-state index in [4.69, 9.17) is 0 Å². The maximum absolute atomic E-state index is 12.1. The van der Waals surface area contributed by atoms with Crippen LogP contribution in [0.15, 0.2) is 29.3 Å². The number of halogens is 4. The Labute approximate surface area is 182 Å². The Kier molecular flexibility index (Phi) is 10.5. The van der Waals surface area contributed by atoms with Crippen LogP contribution in [0.5, 0.6) is 0 Å². The number of aliphatic imine (C=N–C) groups is 1. The van der Waals surface area contributed by atoms with Gasteiger partial charge < -0.3 is 20.3 Å². The number of likely N-dealkylation sites (N-methyl/N-ethyl adjacent to an activating group) is 1. The van der Waals surface area contributed by atoms with Crippen molar-refractivity contribution in [3.05, 3.63) is 35.4 Å². The zero-order valence-electron chi connectivity index (χ0n) is 16.6. The summed E-state index contributed by atoms with van der Waals surface area (Å²) in [6.07, 6.45) is -1.72. The van der Waals surface area contributed by atoms with Gasteiger partial charge in [0.15, 0.2) is 5.96 Å². The Morgan fingerprint density at radius 3 is 2.29 bits per heavy atom. The van der Waals surface area contributed by atoms with Gasteiger partial charge in [-0.15, -0.1) is 24.0 Å². The van der Waals surface area contributed by atoms with Crippen molar-refractivity contribution in [3.63, 3.8) is 0 Å². The molecule has 1 fully saturated rings. The Balaban J connectivity index is 0.00000392. The molecule has 0 saturated heterocycles. The van der Waals surface area contributed by atoms with Crippen LogP contribution in [0.25, 0.3) is 0 Å². The van der Waals surface area contributed by atoms with Crippen LogP contribution in [0.4, 0.5) is 13.2 Å². The number of alkyl halides is 3. The molecule has 0 heterocycles. The molecule has 0 bridgehead atoms. The molecule has 2 N–H and O–H groups in total. The summed E-state index contributed by atoms with van der Waals surface area (Å²) in [7, 11) is 5.93.